The molecule has 2 aliphatic rings. The van der Waals surface area contributed by atoms with Crippen LogP contribution in [-0.2, 0) is 11.3 Å². The highest BCUT2D eigenvalue weighted by Gasteiger charge is 2.30. The summed E-state index contributed by atoms with van der Waals surface area (Å²) in [7, 11) is 0. The highest BCUT2D eigenvalue weighted by atomic mass is 16.1. The molecule has 0 radical (unpaired) electrons. The fourth-order valence-electron chi connectivity index (χ4n) is 5.05. The topological polar surface area (TPSA) is 50.2 Å². The highest BCUT2D eigenvalue weighted by molar-refractivity contribution is 5.80. The van der Waals surface area contributed by atoms with Crippen molar-refractivity contribution in [2.45, 2.75) is 51.1 Å². The molecule has 0 unspecified atom stereocenters. The monoisotopic (exact) mass is 402 g/mol. The van der Waals surface area contributed by atoms with Crippen molar-refractivity contribution >= 4 is 22.9 Å². The van der Waals surface area contributed by atoms with E-state index in [2.05, 4.69) is 51.2 Å². The Morgan fingerprint density at radius 2 is 1.63 bits per heavy atom. The van der Waals surface area contributed by atoms with Crippen molar-refractivity contribution < 1.29 is 4.79 Å². The van der Waals surface area contributed by atoms with Crippen LogP contribution in [0.3, 0.4) is 0 Å². The smallest absolute Gasteiger partial charge is 0.223 e. The van der Waals surface area contributed by atoms with Gasteiger partial charge in [0.1, 0.15) is 0 Å². The Labute approximate surface area is 178 Å². The summed E-state index contributed by atoms with van der Waals surface area (Å²) >= 11 is 0. The van der Waals surface area contributed by atoms with E-state index in [1.165, 1.54) is 31.2 Å². The first-order chi connectivity index (χ1) is 14.8. The number of anilines is 1. The third kappa shape index (κ3) is 3.81. The van der Waals surface area contributed by atoms with Crippen molar-refractivity contribution in [3.63, 3.8) is 0 Å². The summed E-state index contributed by atoms with van der Waals surface area (Å²) in [6.45, 7) is 2.39. The lowest BCUT2D eigenvalue weighted by atomic mass is 9.96. The minimum absolute atomic E-state index is 0.0919. The Kier molecular flexibility index (Phi) is 5.43. The van der Waals surface area contributed by atoms with Gasteiger partial charge in [-0.2, -0.15) is 0 Å². The van der Waals surface area contributed by atoms with E-state index in [4.69, 9.17) is 4.98 Å². The second-order valence-corrected chi connectivity index (χ2v) is 8.67. The Hall–Kier alpha value is -2.82. The van der Waals surface area contributed by atoms with E-state index in [1.807, 2.05) is 18.2 Å². The number of nitrogens with zero attached hydrogens (tertiary/aromatic N) is 3. The Bertz CT molecular complexity index is 998. The number of amides is 1. The number of nitrogens with one attached hydrogen (secondary N) is 1. The number of benzene rings is 2. The van der Waals surface area contributed by atoms with E-state index in [0.29, 0.717) is 12.6 Å². The summed E-state index contributed by atoms with van der Waals surface area (Å²) in [5, 5.41) is 3.12. The van der Waals surface area contributed by atoms with Gasteiger partial charge in [-0.15, -0.1) is 0 Å². The van der Waals surface area contributed by atoms with Crippen LogP contribution in [0.1, 0.15) is 50.1 Å². The maximum absolute atomic E-state index is 12.7. The fraction of sp³-hybridized carbons (Fsp3) is 0.440. The normalized spacial score (nSPS) is 18.2. The molecule has 2 heterocycles. The lowest BCUT2D eigenvalue weighted by Gasteiger charge is -2.33. The van der Waals surface area contributed by atoms with Crippen LogP contribution in [0, 0.1) is 5.92 Å². The molecule has 5 heteroatoms. The van der Waals surface area contributed by atoms with Crippen molar-refractivity contribution in [2.75, 3.05) is 18.0 Å². The first-order valence-corrected chi connectivity index (χ1v) is 11.3. The van der Waals surface area contributed by atoms with Gasteiger partial charge >= 0.3 is 0 Å². The molecule has 1 N–H and O–H groups in total. The van der Waals surface area contributed by atoms with Gasteiger partial charge in [-0.1, -0.05) is 55.3 Å². The Morgan fingerprint density at radius 3 is 2.40 bits per heavy atom. The largest absolute Gasteiger partial charge is 0.352 e. The Balaban J connectivity index is 1.27. The molecule has 0 atom stereocenters. The second kappa shape index (κ2) is 8.50. The van der Waals surface area contributed by atoms with E-state index < -0.39 is 0 Å². The Morgan fingerprint density at radius 1 is 0.933 bits per heavy atom. The van der Waals surface area contributed by atoms with Gasteiger partial charge < -0.3 is 14.8 Å². The van der Waals surface area contributed by atoms with Gasteiger partial charge in [0.15, 0.2) is 0 Å². The zero-order chi connectivity index (χ0) is 20.3. The van der Waals surface area contributed by atoms with Crippen molar-refractivity contribution in [1.29, 1.82) is 0 Å². The number of carbonyl (C=O) groups excluding carboxylic acids is 1. The van der Waals surface area contributed by atoms with E-state index in [0.717, 1.165) is 43.0 Å². The molecule has 5 nitrogen and oxygen atoms in total. The molecule has 1 aliphatic heterocycles. The minimum atomic E-state index is 0.0919. The molecule has 1 aliphatic carbocycles. The zero-order valence-electron chi connectivity index (χ0n) is 17.5. The summed E-state index contributed by atoms with van der Waals surface area (Å²) < 4.78 is 2.48. The van der Waals surface area contributed by atoms with Gasteiger partial charge in [-0.05, 0) is 43.4 Å². The van der Waals surface area contributed by atoms with Crippen LogP contribution in [0.4, 0.5) is 5.95 Å². The fourth-order valence-corrected chi connectivity index (χ4v) is 5.05. The lowest BCUT2D eigenvalue weighted by Crippen LogP contribution is -2.41. The summed E-state index contributed by atoms with van der Waals surface area (Å²) in [6.07, 6.45) is 6.86. The van der Waals surface area contributed by atoms with Crippen LogP contribution in [0.15, 0.2) is 54.6 Å². The number of piperidine rings is 1. The van der Waals surface area contributed by atoms with E-state index in [1.54, 1.807) is 0 Å². The van der Waals surface area contributed by atoms with E-state index in [-0.39, 0.29) is 11.8 Å². The van der Waals surface area contributed by atoms with Crippen molar-refractivity contribution in [3.8, 4) is 0 Å². The van der Waals surface area contributed by atoms with Crippen LogP contribution in [-0.4, -0.2) is 28.5 Å². The molecule has 0 bridgehead atoms. The number of aromatic nitrogens is 2. The maximum atomic E-state index is 12.7. The summed E-state index contributed by atoms with van der Waals surface area (Å²) in [5.41, 5.74) is 3.48. The molecule has 1 aromatic heterocycles. The third-order valence-corrected chi connectivity index (χ3v) is 6.73. The predicted octanol–water partition coefficient (Wildman–Crippen LogP) is 4.68. The van der Waals surface area contributed by atoms with E-state index in [9.17, 15) is 4.79 Å². The molecular formula is C25H30N4O. The molecule has 1 saturated carbocycles. The number of para-hydroxylation sites is 2. The number of hydrogen-bond acceptors (Lipinski definition) is 3. The lowest BCUT2D eigenvalue weighted by molar-refractivity contribution is -0.125. The molecule has 1 saturated heterocycles. The van der Waals surface area contributed by atoms with Crippen LogP contribution >= 0.6 is 0 Å². The first-order valence-electron chi connectivity index (χ1n) is 11.3. The van der Waals surface area contributed by atoms with Gasteiger partial charge in [0.25, 0.3) is 0 Å². The molecule has 156 valence electrons. The van der Waals surface area contributed by atoms with Gasteiger partial charge in [0, 0.05) is 31.6 Å². The number of fused-ring (bicyclic) bond motifs is 1. The standard InChI is InChI=1S/C25H30N4O/c30-24(26-18-19-8-2-1-3-9-19)20-14-16-28(17-15-20)25-27-22-12-6-7-13-23(22)29(25)21-10-4-5-11-21/h1-3,6-9,12-13,20-21H,4-5,10-11,14-18H2,(H,26,30). The average molecular weight is 403 g/mol. The maximum Gasteiger partial charge on any atom is 0.223 e. The van der Waals surface area contributed by atoms with Crippen molar-refractivity contribution in [2.24, 2.45) is 5.92 Å². The number of hydrogen-bond donors (Lipinski definition) is 1. The van der Waals surface area contributed by atoms with Crippen LogP contribution in [0.2, 0.25) is 0 Å². The minimum Gasteiger partial charge on any atom is -0.352 e. The molecule has 2 fully saturated rings. The van der Waals surface area contributed by atoms with Crippen molar-refractivity contribution in [1.82, 2.24) is 14.9 Å². The molecule has 5 rings (SSSR count). The van der Waals surface area contributed by atoms with Crippen LogP contribution < -0.4 is 10.2 Å². The van der Waals surface area contributed by atoms with Gasteiger partial charge in [0.05, 0.1) is 11.0 Å². The summed E-state index contributed by atoms with van der Waals surface area (Å²) in [5.74, 6) is 1.38. The van der Waals surface area contributed by atoms with E-state index >= 15 is 0 Å². The second-order valence-electron chi connectivity index (χ2n) is 8.67. The average Bonchev–Trinajstić information content (AvgIpc) is 3.46. The predicted molar refractivity (Wildman–Crippen MR) is 120 cm³/mol. The number of imidazole rings is 1. The molecule has 1 amide bonds. The first kappa shape index (κ1) is 19.2. The van der Waals surface area contributed by atoms with Gasteiger partial charge in [-0.3, -0.25) is 4.79 Å². The SMILES string of the molecule is O=C(NCc1ccccc1)C1CCN(c2nc3ccccc3n2C2CCCC2)CC1. The summed E-state index contributed by atoms with van der Waals surface area (Å²) in [4.78, 5) is 20.1. The molecule has 3 aromatic rings. The highest BCUT2D eigenvalue weighted by Crippen LogP contribution is 2.37. The van der Waals surface area contributed by atoms with Gasteiger partial charge in [0.2, 0.25) is 11.9 Å². The molecule has 2 aromatic carbocycles. The van der Waals surface area contributed by atoms with Gasteiger partial charge in [-0.25, -0.2) is 4.98 Å². The zero-order valence-corrected chi connectivity index (χ0v) is 17.5. The van der Waals surface area contributed by atoms with Crippen LogP contribution in [0.5, 0.6) is 0 Å². The molecule has 0 spiro atoms. The summed E-state index contributed by atoms with van der Waals surface area (Å²) in [6, 6.07) is 19.2. The number of rotatable bonds is 5. The third-order valence-electron chi connectivity index (χ3n) is 6.73. The van der Waals surface area contributed by atoms with Crippen molar-refractivity contribution in [3.05, 3.63) is 60.2 Å². The van der Waals surface area contributed by atoms with Crippen LogP contribution in [0.25, 0.3) is 11.0 Å². The number of carbonyl (C=O) groups is 1. The molecule has 30 heavy (non-hydrogen) atoms. The quantitative estimate of drug-likeness (QED) is 0.674. The molecular weight excluding hydrogens is 372 g/mol.